The normalized spacial score (nSPS) is 13.8. The van der Waals surface area contributed by atoms with Gasteiger partial charge in [-0.15, -0.1) is 0 Å². The van der Waals surface area contributed by atoms with Crippen LogP contribution in [-0.2, 0) is 14.3 Å². The Kier molecular flexibility index (Phi) is 7.63. The first kappa shape index (κ1) is 23.5. The van der Waals surface area contributed by atoms with Gasteiger partial charge in [0.05, 0.1) is 11.2 Å². The predicted octanol–water partition coefficient (Wildman–Crippen LogP) is 2.56. The zero-order chi connectivity index (χ0) is 21.7. The van der Waals surface area contributed by atoms with Gasteiger partial charge in [-0.25, -0.2) is 13.6 Å². The number of ether oxygens (including phenoxy) is 2. The molecule has 0 aliphatic rings. The second-order valence-corrected chi connectivity index (χ2v) is 7.68. The average Bonchev–Trinajstić information content (AvgIpc) is 2.57. The first-order chi connectivity index (χ1) is 12.8. The van der Waals surface area contributed by atoms with Crippen molar-refractivity contribution < 1.29 is 27.8 Å². The second-order valence-electron chi connectivity index (χ2n) is 7.68. The van der Waals surface area contributed by atoms with Gasteiger partial charge in [-0.1, -0.05) is 0 Å². The number of hydrogen-bond acceptors (Lipinski definition) is 5. The predicted molar refractivity (Wildman–Crippen MR) is 101 cm³/mol. The Hall–Kier alpha value is -2.55. The lowest BCUT2D eigenvalue weighted by molar-refractivity contribution is -0.126. The number of Topliss-reactive ketones (excluding diaryl/α,β-unsaturated/α-hetero) is 1. The Morgan fingerprint density at radius 2 is 1.82 bits per heavy atom. The third-order valence-electron chi connectivity index (χ3n) is 3.81. The van der Waals surface area contributed by atoms with Crippen LogP contribution in [0.15, 0.2) is 23.2 Å². The van der Waals surface area contributed by atoms with Crippen molar-refractivity contribution in [2.45, 2.75) is 51.9 Å². The van der Waals surface area contributed by atoms with Crippen LogP contribution in [0.1, 0.15) is 40.2 Å². The Bertz CT molecular complexity index is 758. The van der Waals surface area contributed by atoms with Crippen molar-refractivity contribution in [2.75, 3.05) is 13.7 Å². The van der Waals surface area contributed by atoms with Gasteiger partial charge in [0.15, 0.2) is 5.78 Å². The fraction of sp³-hybridized carbons (Fsp3) is 0.526. The van der Waals surface area contributed by atoms with Crippen LogP contribution in [0.2, 0.25) is 0 Å². The van der Waals surface area contributed by atoms with E-state index in [0.29, 0.717) is 0 Å². The SMILES string of the molecule is COC(C)(C)[C@@H](NC(=O)OC(C)(C)C)C(=O)CN=C(N)c1cc(F)ccc1F. The third kappa shape index (κ3) is 6.88. The van der Waals surface area contributed by atoms with Crippen molar-refractivity contribution in [3.63, 3.8) is 0 Å². The maximum Gasteiger partial charge on any atom is 0.408 e. The summed E-state index contributed by atoms with van der Waals surface area (Å²) in [5, 5.41) is 2.47. The lowest BCUT2D eigenvalue weighted by Gasteiger charge is -2.33. The summed E-state index contributed by atoms with van der Waals surface area (Å²) < 4.78 is 37.5. The number of amides is 1. The molecule has 9 heteroatoms. The number of alkyl carbamates (subject to hydrolysis) is 1. The molecule has 1 aromatic carbocycles. The molecule has 0 aromatic heterocycles. The molecule has 1 rings (SSSR count). The quantitative estimate of drug-likeness (QED) is 0.542. The molecule has 1 aromatic rings. The number of nitrogens with one attached hydrogen (secondary N) is 1. The fourth-order valence-electron chi connectivity index (χ4n) is 2.22. The summed E-state index contributed by atoms with van der Waals surface area (Å²) in [6.07, 6.45) is -0.802. The Morgan fingerprint density at radius 3 is 2.36 bits per heavy atom. The number of hydrogen-bond donors (Lipinski definition) is 2. The molecule has 0 heterocycles. The topological polar surface area (TPSA) is 103 Å². The molecular formula is C19H27F2N3O4. The molecular weight excluding hydrogens is 372 g/mol. The van der Waals surface area contributed by atoms with Crippen LogP contribution in [0.25, 0.3) is 0 Å². The zero-order valence-corrected chi connectivity index (χ0v) is 16.9. The number of aliphatic imine (C=N–C) groups is 1. The van der Waals surface area contributed by atoms with E-state index in [1.54, 1.807) is 34.6 Å². The van der Waals surface area contributed by atoms with E-state index in [0.717, 1.165) is 18.2 Å². The molecule has 0 spiro atoms. The van der Waals surface area contributed by atoms with Crippen LogP contribution >= 0.6 is 0 Å². The molecule has 0 saturated heterocycles. The molecule has 0 unspecified atom stereocenters. The summed E-state index contributed by atoms with van der Waals surface area (Å²) >= 11 is 0. The zero-order valence-electron chi connectivity index (χ0n) is 16.9. The lowest BCUT2D eigenvalue weighted by Crippen LogP contribution is -2.56. The van der Waals surface area contributed by atoms with Gasteiger partial charge < -0.3 is 20.5 Å². The van der Waals surface area contributed by atoms with Gasteiger partial charge in [0.1, 0.15) is 35.7 Å². The maximum absolute atomic E-state index is 13.8. The number of benzene rings is 1. The smallest absolute Gasteiger partial charge is 0.408 e. The van der Waals surface area contributed by atoms with Gasteiger partial charge in [0, 0.05) is 7.11 Å². The van der Waals surface area contributed by atoms with Gasteiger partial charge in [0.25, 0.3) is 0 Å². The van der Waals surface area contributed by atoms with Crippen molar-refractivity contribution in [2.24, 2.45) is 10.7 Å². The van der Waals surface area contributed by atoms with E-state index < -0.39 is 47.3 Å². The number of halogens is 2. The number of rotatable bonds is 7. The summed E-state index contributed by atoms with van der Waals surface area (Å²) in [7, 11) is 1.39. The number of carbonyl (C=O) groups is 2. The highest BCUT2D eigenvalue weighted by Gasteiger charge is 2.37. The summed E-state index contributed by atoms with van der Waals surface area (Å²) in [6.45, 7) is 7.78. The van der Waals surface area contributed by atoms with Crippen molar-refractivity contribution in [1.82, 2.24) is 5.32 Å². The van der Waals surface area contributed by atoms with Crippen molar-refractivity contribution in [3.8, 4) is 0 Å². The van der Waals surface area contributed by atoms with Crippen LogP contribution < -0.4 is 11.1 Å². The molecule has 156 valence electrons. The van der Waals surface area contributed by atoms with E-state index in [4.69, 9.17) is 15.2 Å². The molecule has 0 saturated carbocycles. The maximum atomic E-state index is 13.8. The second kappa shape index (κ2) is 9.09. The Balaban J connectivity index is 3.00. The Morgan fingerprint density at radius 1 is 1.21 bits per heavy atom. The molecule has 28 heavy (non-hydrogen) atoms. The highest BCUT2D eigenvalue weighted by atomic mass is 19.1. The molecule has 0 aliphatic carbocycles. The minimum Gasteiger partial charge on any atom is -0.444 e. The van der Waals surface area contributed by atoms with E-state index >= 15 is 0 Å². The van der Waals surface area contributed by atoms with E-state index in [9.17, 15) is 18.4 Å². The van der Waals surface area contributed by atoms with E-state index in [-0.39, 0.29) is 11.4 Å². The van der Waals surface area contributed by atoms with Crippen molar-refractivity contribution in [3.05, 3.63) is 35.4 Å². The average molecular weight is 399 g/mol. The molecule has 0 fully saturated rings. The summed E-state index contributed by atoms with van der Waals surface area (Å²) in [4.78, 5) is 28.6. The highest BCUT2D eigenvalue weighted by molar-refractivity contribution is 6.00. The summed E-state index contributed by atoms with van der Waals surface area (Å²) in [5.41, 5.74) is 3.59. The minimum absolute atomic E-state index is 0.254. The molecule has 3 N–H and O–H groups in total. The van der Waals surface area contributed by atoms with Gasteiger partial charge in [-0.3, -0.25) is 9.79 Å². The lowest BCUT2D eigenvalue weighted by atomic mass is 9.94. The fourth-order valence-corrected chi connectivity index (χ4v) is 2.22. The van der Waals surface area contributed by atoms with Gasteiger partial charge in [-0.2, -0.15) is 0 Å². The molecule has 0 radical (unpaired) electrons. The molecule has 1 atom stereocenters. The monoisotopic (exact) mass is 399 g/mol. The van der Waals surface area contributed by atoms with Gasteiger partial charge in [0.2, 0.25) is 0 Å². The van der Waals surface area contributed by atoms with E-state index in [2.05, 4.69) is 10.3 Å². The van der Waals surface area contributed by atoms with Crippen LogP contribution in [0.4, 0.5) is 13.6 Å². The minimum atomic E-state index is -1.11. The summed E-state index contributed by atoms with van der Waals surface area (Å²) in [5.74, 6) is -2.34. The summed E-state index contributed by atoms with van der Waals surface area (Å²) in [6, 6.07) is 1.63. The highest BCUT2D eigenvalue weighted by Crippen LogP contribution is 2.17. The van der Waals surface area contributed by atoms with Gasteiger partial charge >= 0.3 is 6.09 Å². The molecule has 7 nitrogen and oxygen atoms in total. The van der Waals surface area contributed by atoms with Crippen molar-refractivity contribution in [1.29, 1.82) is 0 Å². The van der Waals surface area contributed by atoms with Crippen LogP contribution in [0, 0.1) is 11.6 Å². The standard InChI is InChI=1S/C19H27F2N3O4/c1-18(2,3)28-17(26)24-15(19(4,5)27-6)14(25)10-23-16(22)12-9-11(20)7-8-13(12)21/h7-9,15H,10H2,1-6H3,(H2,22,23)(H,24,26)/t15-/m0/s1. The number of carbonyl (C=O) groups excluding carboxylic acids is 2. The van der Waals surface area contributed by atoms with Crippen LogP contribution in [0.3, 0.4) is 0 Å². The van der Waals surface area contributed by atoms with Gasteiger partial charge in [-0.05, 0) is 52.8 Å². The molecule has 1 amide bonds. The third-order valence-corrected chi connectivity index (χ3v) is 3.81. The number of ketones is 1. The number of nitrogens with two attached hydrogens (primary N) is 1. The number of amidine groups is 1. The first-order valence-electron chi connectivity index (χ1n) is 8.59. The van der Waals surface area contributed by atoms with Crippen LogP contribution in [-0.4, -0.2) is 48.6 Å². The Labute approximate surface area is 163 Å². The van der Waals surface area contributed by atoms with Crippen molar-refractivity contribution >= 4 is 17.7 Å². The van der Waals surface area contributed by atoms with Crippen LogP contribution in [0.5, 0.6) is 0 Å². The number of nitrogens with zero attached hydrogens (tertiary/aromatic N) is 1. The van der Waals surface area contributed by atoms with E-state index in [1.165, 1.54) is 7.11 Å². The largest absolute Gasteiger partial charge is 0.444 e. The number of methoxy groups -OCH3 is 1. The first-order valence-corrected chi connectivity index (χ1v) is 8.59. The molecule has 0 aliphatic heterocycles. The van der Waals surface area contributed by atoms with E-state index in [1.807, 2.05) is 0 Å². The molecule has 0 bridgehead atoms.